The lowest BCUT2D eigenvalue weighted by molar-refractivity contribution is 0.0949. The van der Waals surface area contributed by atoms with Crippen molar-refractivity contribution in [2.75, 3.05) is 14.2 Å². The van der Waals surface area contributed by atoms with Gasteiger partial charge in [0.25, 0.3) is 5.91 Å². The van der Waals surface area contributed by atoms with E-state index in [4.69, 9.17) is 9.47 Å². The number of hydrogen-bond acceptors (Lipinski definition) is 6. The molecule has 3 rings (SSSR count). The number of amides is 1. The van der Waals surface area contributed by atoms with E-state index in [1.807, 2.05) is 4.57 Å². The molecule has 3 aromatic rings. The average Bonchev–Trinajstić information content (AvgIpc) is 3.18. The summed E-state index contributed by atoms with van der Waals surface area (Å²) in [5.74, 6) is 2.29. The Hall–Kier alpha value is -3.26. The lowest BCUT2D eigenvalue weighted by Gasteiger charge is -2.11. The average molecular weight is 439 g/mol. The quantitative estimate of drug-likeness (QED) is 0.381. The predicted octanol–water partition coefficient (Wildman–Crippen LogP) is 4.01. The summed E-state index contributed by atoms with van der Waals surface area (Å²) in [6, 6.07) is 13.5. The monoisotopic (exact) mass is 438 g/mol. The second-order valence-electron chi connectivity index (χ2n) is 6.82. The van der Waals surface area contributed by atoms with Crippen molar-refractivity contribution in [2.45, 2.75) is 30.9 Å². The molecule has 1 amide bonds. The molecule has 0 aliphatic carbocycles. The van der Waals surface area contributed by atoms with Crippen molar-refractivity contribution in [1.82, 2.24) is 20.1 Å². The molecule has 0 saturated carbocycles. The van der Waals surface area contributed by atoms with E-state index >= 15 is 0 Å². The van der Waals surface area contributed by atoms with Crippen LogP contribution < -0.4 is 14.8 Å². The topological polar surface area (TPSA) is 78.3 Å². The maximum absolute atomic E-state index is 12.6. The van der Waals surface area contributed by atoms with Crippen molar-refractivity contribution >= 4 is 17.7 Å². The number of carbonyl (C=O) groups is 1. The highest BCUT2D eigenvalue weighted by Crippen LogP contribution is 2.27. The molecule has 1 heterocycles. The summed E-state index contributed by atoms with van der Waals surface area (Å²) < 4.78 is 12.4. The van der Waals surface area contributed by atoms with Gasteiger partial charge >= 0.3 is 0 Å². The van der Waals surface area contributed by atoms with Gasteiger partial charge in [-0.2, -0.15) is 0 Å². The SMILES string of the molecule is C=CCn1c(CNC(=O)c2ccc(OC)c(OC)c2)nnc1SCc1ccc(C)cc1. The van der Waals surface area contributed by atoms with Crippen LogP contribution in [0.4, 0.5) is 0 Å². The number of aryl methyl sites for hydroxylation is 1. The van der Waals surface area contributed by atoms with E-state index in [0.717, 1.165) is 10.9 Å². The molecule has 31 heavy (non-hydrogen) atoms. The van der Waals surface area contributed by atoms with Crippen molar-refractivity contribution < 1.29 is 14.3 Å². The van der Waals surface area contributed by atoms with Gasteiger partial charge in [0.05, 0.1) is 20.8 Å². The molecule has 162 valence electrons. The Labute approximate surface area is 186 Å². The van der Waals surface area contributed by atoms with Gasteiger partial charge in [-0.3, -0.25) is 4.79 Å². The van der Waals surface area contributed by atoms with Crippen LogP contribution in [0.5, 0.6) is 11.5 Å². The Balaban J connectivity index is 1.67. The molecule has 0 bridgehead atoms. The molecule has 0 aliphatic rings. The summed E-state index contributed by atoms with van der Waals surface area (Å²) in [4.78, 5) is 12.6. The van der Waals surface area contributed by atoms with E-state index in [1.54, 1.807) is 43.1 Å². The summed E-state index contributed by atoms with van der Waals surface area (Å²) in [6.45, 7) is 6.70. The number of benzene rings is 2. The lowest BCUT2D eigenvalue weighted by Crippen LogP contribution is -2.25. The summed E-state index contributed by atoms with van der Waals surface area (Å²) in [7, 11) is 3.09. The van der Waals surface area contributed by atoms with Crippen LogP contribution in [0.2, 0.25) is 0 Å². The molecule has 0 radical (unpaired) electrons. The molecular formula is C23H26N4O3S. The standard InChI is InChI=1S/C23H26N4O3S/c1-5-12-27-21(25-26-23(27)31-15-17-8-6-16(2)7-9-17)14-24-22(28)18-10-11-19(29-3)20(13-18)30-4/h5-11,13H,1,12,14-15H2,2-4H3,(H,24,28). The summed E-state index contributed by atoms with van der Waals surface area (Å²) in [5.41, 5.74) is 2.92. The lowest BCUT2D eigenvalue weighted by atomic mass is 10.2. The van der Waals surface area contributed by atoms with Crippen LogP contribution in [-0.4, -0.2) is 34.9 Å². The van der Waals surface area contributed by atoms with Gasteiger partial charge < -0.3 is 19.4 Å². The highest BCUT2D eigenvalue weighted by Gasteiger charge is 2.15. The Kier molecular flexibility index (Phi) is 7.72. The third kappa shape index (κ3) is 5.67. The smallest absolute Gasteiger partial charge is 0.251 e. The van der Waals surface area contributed by atoms with Crippen LogP contribution in [0.1, 0.15) is 27.3 Å². The van der Waals surface area contributed by atoms with Crippen molar-refractivity contribution in [2.24, 2.45) is 0 Å². The van der Waals surface area contributed by atoms with E-state index in [9.17, 15) is 4.79 Å². The summed E-state index contributed by atoms with van der Waals surface area (Å²) >= 11 is 1.60. The van der Waals surface area contributed by atoms with Crippen LogP contribution in [0.3, 0.4) is 0 Å². The first kappa shape index (κ1) is 22.4. The number of nitrogens with one attached hydrogen (secondary N) is 1. The van der Waals surface area contributed by atoms with Crippen LogP contribution in [-0.2, 0) is 18.8 Å². The number of allylic oxidation sites excluding steroid dienone is 1. The van der Waals surface area contributed by atoms with Crippen LogP contribution in [0, 0.1) is 6.92 Å². The zero-order chi connectivity index (χ0) is 22.2. The normalized spacial score (nSPS) is 10.5. The van der Waals surface area contributed by atoms with Crippen molar-refractivity contribution in [3.05, 3.63) is 77.6 Å². The molecule has 0 unspecified atom stereocenters. The second kappa shape index (κ2) is 10.7. The number of ether oxygens (including phenoxy) is 2. The molecule has 2 aromatic carbocycles. The zero-order valence-corrected chi connectivity index (χ0v) is 18.7. The van der Waals surface area contributed by atoms with E-state index in [2.05, 4.69) is 53.3 Å². The number of nitrogens with zero attached hydrogens (tertiary/aromatic N) is 3. The molecule has 1 N–H and O–H groups in total. The molecule has 1 aromatic heterocycles. The van der Waals surface area contributed by atoms with Gasteiger partial charge in [-0.05, 0) is 30.7 Å². The first-order valence-corrected chi connectivity index (χ1v) is 10.8. The number of rotatable bonds is 10. The van der Waals surface area contributed by atoms with Gasteiger partial charge in [0.2, 0.25) is 0 Å². The maximum atomic E-state index is 12.6. The second-order valence-corrected chi connectivity index (χ2v) is 7.77. The maximum Gasteiger partial charge on any atom is 0.251 e. The van der Waals surface area contributed by atoms with Gasteiger partial charge in [-0.25, -0.2) is 0 Å². The van der Waals surface area contributed by atoms with Gasteiger partial charge in [-0.1, -0.05) is 47.7 Å². The Bertz CT molecular complexity index is 1050. The third-order valence-electron chi connectivity index (χ3n) is 4.65. The first-order chi connectivity index (χ1) is 15.0. The van der Waals surface area contributed by atoms with Gasteiger partial charge in [0.1, 0.15) is 0 Å². The molecule has 7 nitrogen and oxygen atoms in total. The summed E-state index contributed by atoms with van der Waals surface area (Å²) in [6.07, 6.45) is 1.79. The Morgan fingerprint density at radius 2 is 1.87 bits per heavy atom. The minimum atomic E-state index is -0.233. The molecule has 0 aliphatic heterocycles. The number of methoxy groups -OCH3 is 2. The van der Waals surface area contributed by atoms with Crippen LogP contribution in [0.15, 0.2) is 60.3 Å². The fraction of sp³-hybridized carbons (Fsp3) is 0.261. The van der Waals surface area contributed by atoms with Crippen molar-refractivity contribution in [1.29, 1.82) is 0 Å². The number of aromatic nitrogens is 3. The molecule has 8 heteroatoms. The van der Waals surface area contributed by atoms with Crippen LogP contribution >= 0.6 is 11.8 Å². The third-order valence-corrected chi connectivity index (χ3v) is 5.68. The van der Waals surface area contributed by atoms with Crippen molar-refractivity contribution in [3.63, 3.8) is 0 Å². The minimum absolute atomic E-state index is 0.233. The van der Waals surface area contributed by atoms with Crippen molar-refractivity contribution in [3.8, 4) is 11.5 Å². The summed E-state index contributed by atoms with van der Waals surface area (Å²) in [5, 5.41) is 12.3. The highest BCUT2D eigenvalue weighted by atomic mass is 32.2. The van der Waals surface area contributed by atoms with E-state index in [1.165, 1.54) is 18.2 Å². The fourth-order valence-electron chi connectivity index (χ4n) is 2.94. The minimum Gasteiger partial charge on any atom is -0.493 e. The molecular weight excluding hydrogens is 412 g/mol. The number of thioether (sulfide) groups is 1. The predicted molar refractivity (Wildman–Crippen MR) is 122 cm³/mol. The largest absolute Gasteiger partial charge is 0.493 e. The van der Waals surface area contributed by atoms with E-state index < -0.39 is 0 Å². The Morgan fingerprint density at radius 3 is 2.55 bits per heavy atom. The molecule has 0 fully saturated rings. The van der Waals surface area contributed by atoms with E-state index in [-0.39, 0.29) is 12.5 Å². The number of hydrogen-bond donors (Lipinski definition) is 1. The molecule has 0 atom stereocenters. The van der Waals surface area contributed by atoms with Gasteiger partial charge in [-0.15, -0.1) is 16.8 Å². The zero-order valence-electron chi connectivity index (χ0n) is 17.9. The highest BCUT2D eigenvalue weighted by molar-refractivity contribution is 7.98. The molecule has 0 saturated heterocycles. The first-order valence-electron chi connectivity index (χ1n) is 9.77. The Morgan fingerprint density at radius 1 is 1.13 bits per heavy atom. The fourth-order valence-corrected chi connectivity index (χ4v) is 3.86. The molecule has 0 spiro atoms. The van der Waals surface area contributed by atoms with Crippen LogP contribution in [0.25, 0.3) is 0 Å². The van der Waals surface area contributed by atoms with E-state index in [0.29, 0.717) is 29.4 Å². The van der Waals surface area contributed by atoms with Gasteiger partial charge in [0.15, 0.2) is 22.5 Å². The number of carbonyl (C=O) groups excluding carboxylic acids is 1. The van der Waals surface area contributed by atoms with Gasteiger partial charge in [0, 0.05) is 17.9 Å².